The van der Waals surface area contributed by atoms with E-state index in [0.29, 0.717) is 6.61 Å². The van der Waals surface area contributed by atoms with Gasteiger partial charge in [-0.1, -0.05) is 62.2 Å². The summed E-state index contributed by atoms with van der Waals surface area (Å²) < 4.78 is 6.11. The van der Waals surface area contributed by atoms with Crippen LogP contribution in [0.1, 0.15) is 54.7 Å². The number of hydrogen-bond acceptors (Lipinski definition) is 2. The molecule has 1 N–H and O–H groups in total. The molecule has 124 valence electrons. The van der Waals surface area contributed by atoms with Gasteiger partial charge < -0.3 is 9.84 Å². The number of benzene rings is 2. The second-order valence-corrected chi connectivity index (χ2v) is 7.54. The standard InChI is InChI=1S/C21H28O2/c1-14-7-9-17(10-8-14)13-23-19-16(3)11-15(2)12-18(19)20(22)21(4,5)6/h7-12,20,22H,13H2,1-6H3. The van der Waals surface area contributed by atoms with Gasteiger partial charge in [0.2, 0.25) is 0 Å². The van der Waals surface area contributed by atoms with Crippen molar-refractivity contribution < 1.29 is 9.84 Å². The van der Waals surface area contributed by atoms with E-state index in [2.05, 4.69) is 44.2 Å². The summed E-state index contributed by atoms with van der Waals surface area (Å²) in [5, 5.41) is 10.7. The van der Waals surface area contributed by atoms with Gasteiger partial charge in [0.25, 0.3) is 0 Å². The minimum Gasteiger partial charge on any atom is -0.488 e. The van der Waals surface area contributed by atoms with Gasteiger partial charge in [0.15, 0.2) is 0 Å². The Bertz CT molecular complexity index is 663. The van der Waals surface area contributed by atoms with E-state index in [1.165, 1.54) is 5.56 Å². The van der Waals surface area contributed by atoms with Gasteiger partial charge in [-0.25, -0.2) is 0 Å². The van der Waals surface area contributed by atoms with Gasteiger partial charge in [0.1, 0.15) is 12.4 Å². The maximum atomic E-state index is 10.7. The van der Waals surface area contributed by atoms with Crippen LogP contribution < -0.4 is 4.74 Å². The number of aliphatic hydroxyl groups is 1. The molecule has 2 heteroatoms. The lowest BCUT2D eigenvalue weighted by Gasteiger charge is -2.29. The Hall–Kier alpha value is -1.80. The van der Waals surface area contributed by atoms with E-state index in [1.54, 1.807) is 0 Å². The SMILES string of the molecule is Cc1ccc(COc2c(C)cc(C)cc2C(O)C(C)(C)C)cc1. The molecule has 0 radical (unpaired) electrons. The quantitative estimate of drug-likeness (QED) is 0.833. The van der Waals surface area contributed by atoms with Gasteiger partial charge in [0, 0.05) is 5.56 Å². The van der Waals surface area contributed by atoms with Crippen molar-refractivity contribution in [2.75, 3.05) is 0 Å². The second-order valence-electron chi connectivity index (χ2n) is 7.54. The number of rotatable bonds is 4. The first-order valence-electron chi connectivity index (χ1n) is 8.16. The van der Waals surface area contributed by atoms with Crippen molar-refractivity contribution in [2.24, 2.45) is 5.41 Å². The topological polar surface area (TPSA) is 29.5 Å². The third-order valence-corrected chi connectivity index (χ3v) is 4.07. The summed E-state index contributed by atoms with van der Waals surface area (Å²) >= 11 is 0. The zero-order valence-corrected chi connectivity index (χ0v) is 15.1. The number of ether oxygens (including phenoxy) is 1. The summed E-state index contributed by atoms with van der Waals surface area (Å²) in [6.07, 6.45) is -0.561. The van der Waals surface area contributed by atoms with E-state index in [1.807, 2.05) is 33.8 Å². The Labute approximate surface area is 140 Å². The van der Waals surface area contributed by atoms with E-state index < -0.39 is 6.10 Å². The van der Waals surface area contributed by atoms with Crippen LogP contribution in [0, 0.1) is 26.2 Å². The lowest BCUT2D eigenvalue weighted by molar-refractivity contribution is 0.0593. The molecule has 0 aliphatic rings. The smallest absolute Gasteiger partial charge is 0.128 e. The van der Waals surface area contributed by atoms with E-state index in [-0.39, 0.29) is 5.41 Å². The largest absolute Gasteiger partial charge is 0.488 e. The highest BCUT2D eigenvalue weighted by Crippen LogP contribution is 2.39. The van der Waals surface area contributed by atoms with Crippen molar-refractivity contribution in [3.63, 3.8) is 0 Å². The van der Waals surface area contributed by atoms with Crippen LogP contribution in [0.4, 0.5) is 0 Å². The Morgan fingerprint density at radius 2 is 1.57 bits per heavy atom. The molecule has 0 aromatic heterocycles. The van der Waals surface area contributed by atoms with Crippen molar-refractivity contribution in [2.45, 2.75) is 54.3 Å². The third-order valence-electron chi connectivity index (χ3n) is 4.07. The molecule has 1 unspecified atom stereocenters. The zero-order chi connectivity index (χ0) is 17.2. The second kappa shape index (κ2) is 6.76. The fourth-order valence-electron chi connectivity index (χ4n) is 2.69. The number of aliphatic hydroxyl groups excluding tert-OH is 1. The predicted molar refractivity (Wildman–Crippen MR) is 95.8 cm³/mol. The van der Waals surface area contributed by atoms with Crippen molar-refractivity contribution in [1.29, 1.82) is 0 Å². The molecule has 0 spiro atoms. The molecule has 0 saturated heterocycles. The average Bonchev–Trinajstić information content (AvgIpc) is 2.45. The molecular weight excluding hydrogens is 284 g/mol. The highest BCUT2D eigenvalue weighted by molar-refractivity contribution is 5.45. The molecule has 2 nitrogen and oxygen atoms in total. The van der Waals surface area contributed by atoms with Crippen LogP contribution in [0.25, 0.3) is 0 Å². The van der Waals surface area contributed by atoms with Crippen molar-refractivity contribution in [1.82, 2.24) is 0 Å². The van der Waals surface area contributed by atoms with Crippen LogP contribution in [-0.4, -0.2) is 5.11 Å². The lowest BCUT2D eigenvalue weighted by Crippen LogP contribution is -2.19. The zero-order valence-electron chi connectivity index (χ0n) is 15.1. The third kappa shape index (κ3) is 4.35. The minimum atomic E-state index is -0.561. The average molecular weight is 312 g/mol. The van der Waals surface area contributed by atoms with Crippen molar-refractivity contribution in [3.05, 3.63) is 64.2 Å². The molecule has 23 heavy (non-hydrogen) atoms. The summed E-state index contributed by atoms with van der Waals surface area (Å²) in [6, 6.07) is 12.5. The minimum absolute atomic E-state index is 0.234. The molecule has 0 heterocycles. The summed E-state index contributed by atoms with van der Waals surface area (Å²) in [5.74, 6) is 0.804. The summed E-state index contributed by atoms with van der Waals surface area (Å²) in [4.78, 5) is 0. The molecule has 0 bridgehead atoms. The van der Waals surface area contributed by atoms with Gasteiger partial charge in [-0.15, -0.1) is 0 Å². The van der Waals surface area contributed by atoms with Crippen LogP contribution in [0.2, 0.25) is 0 Å². The van der Waals surface area contributed by atoms with Crippen LogP contribution >= 0.6 is 0 Å². The molecule has 0 saturated carbocycles. The Morgan fingerprint density at radius 1 is 0.957 bits per heavy atom. The van der Waals surface area contributed by atoms with Crippen LogP contribution in [-0.2, 0) is 6.61 Å². The van der Waals surface area contributed by atoms with Gasteiger partial charge in [0.05, 0.1) is 6.10 Å². The molecular formula is C21H28O2. The first-order chi connectivity index (χ1) is 10.7. The van der Waals surface area contributed by atoms with E-state index in [0.717, 1.165) is 28.0 Å². The van der Waals surface area contributed by atoms with Crippen molar-refractivity contribution >= 4 is 0 Å². The first-order valence-corrected chi connectivity index (χ1v) is 8.16. The molecule has 0 aliphatic carbocycles. The van der Waals surface area contributed by atoms with Gasteiger partial charge in [-0.3, -0.25) is 0 Å². The van der Waals surface area contributed by atoms with E-state index in [9.17, 15) is 5.11 Å². The highest BCUT2D eigenvalue weighted by atomic mass is 16.5. The molecule has 2 aromatic carbocycles. The fraction of sp³-hybridized carbons (Fsp3) is 0.429. The lowest BCUT2D eigenvalue weighted by atomic mass is 9.83. The molecule has 1 atom stereocenters. The number of hydrogen-bond donors (Lipinski definition) is 1. The van der Waals surface area contributed by atoms with Crippen LogP contribution in [0.3, 0.4) is 0 Å². The monoisotopic (exact) mass is 312 g/mol. The molecule has 0 amide bonds. The molecule has 0 fully saturated rings. The summed E-state index contributed by atoms with van der Waals surface area (Å²) in [7, 11) is 0. The number of aryl methyl sites for hydroxylation is 3. The molecule has 2 rings (SSSR count). The Morgan fingerprint density at radius 3 is 2.13 bits per heavy atom. The molecule has 2 aromatic rings. The Balaban J connectivity index is 2.31. The van der Waals surface area contributed by atoms with Gasteiger partial charge >= 0.3 is 0 Å². The van der Waals surface area contributed by atoms with Gasteiger partial charge in [-0.2, -0.15) is 0 Å². The van der Waals surface area contributed by atoms with E-state index >= 15 is 0 Å². The maximum Gasteiger partial charge on any atom is 0.128 e. The predicted octanol–water partition coefficient (Wildman–Crippen LogP) is 5.27. The Kier molecular flexibility index (Phi) is 5.16. The first kappa shape index (κ1) is 17.6. The van der Waals surface area contributed by atoms with Crippen LogP contribution in [0.5, 0.6) is 5.75 Å². The summed E-state index contributed by atoms with van der Waals surface area (Å²) in [6.45, 7) is 12.8. The molecule has 0 aliphatic heterocycles. The highest BCUT2D eigenvalue weighted by Gasteiger charge is 2.27. The van der Waals surface area contributed by atoms with E-state index in [4.69, 9.17) is 4.74 Å². The van der Waals surface area contributed by atoms with Gasteiger partial charge in [-0.05, 0) is 43.4 Å². The maximum absolute atomic E-state index is 10.7. The normalized spacial score (nSPS) is 13.0. The summed E-state index contributed by atoms with van der Waals surface area (Å²) in [5.41, 5.74) is 5.22. The van der Waals surface area contributed by atoms with Crippen molar-refractivity contribution in [3.8, 4) is 5.75 Å². The van der Waals surface area contributed by atoms with Crippen LogP contribution in [0.15, 0.2) is 36.4 Å². The fourth-order valence-corrected chi connectivity index (χ4v) is 2.69.